The van der Waals surface area contributed by atoms with Gasteiger partial charge in [-0.15, -0.1) is 4.72 Å². The van der Waals surface area contributed by atoms with Crippen molar-refractivity contribution in [1.29, 1.82) is 0 Å². The predicted molar refractivity (Wildman–Crippen MR) is 92.6 cm³/mol. The second-order valence-corrected chi connectivity index (χ2v) is 9.28. The molecule has 1 aliphatic rings. The monoisotopic (exact) mass is 354 g/mol. The maximum atomic E-state index is 14.2. The summed E-state index contributed by atoms with van der Waals surface area (Å²) in [4.78, 5) is 2.75. The maximum absolute atomic E-state index is 14.2. The highest BCUT2D eigenvalue weighted by Gasteiger charge is 2.39. The van der Waals surface area contributed by atoms with Crippen LogP contribution in [0, 0.1) is 5.82 Å². The van der Waals surface area contributed by atoms with Crippen molar-refractivity contribution in [2.24, 2.45) is 5.11 Å². The van der Waals surface area contributed by atoms with E-state index in [4.69, 9.17) is 10.3 Å². The fraction of sp³-hybridized carbons (Fsp3) is 0.625. The zero-order chi connectivity index (χ0) is 18.1. The van der Waals surface area contributed by atoms with E-state index in [0.717, 1.165) is 5.56 Å². The summed E-state index contributed by atoms with van der Waals surface area (Å²) in [6.45, 7) is 9.41. The highest BCUT2D eigenvalue weighted by atomic mass is 32.2. The summed E-state index contributed by atoms with van der Waals surface area (Å²) in [6.07, 6.45) is 0.329. The molecule has 0 aromatic heterocycles. The third kappa shape index (κ3) is 3.95. The topological polar surface area (TPSA) is 93.1 Å². The van der Waals surface area contributed by atoms with Crippen LogP contribution in [-0.2, 0) is 17.8 Å². The van der Waals surface area contributed by atoms with Gasteiger partial charge in [0.15, 0.2) is 0 Å². The van der Waals surface area contributed by atoms with E-state index >= 15 is 0 Å². The number of halogens is 1. The number of nitrogens with one attached hydrogen (secondary N) is 1. The Morgan fingerprint density at radius 3 is 2.79 bits per heavy atom. The molecule has 0 amide bonds. The van der Waals surface area contributed by atoms with Crippen LogP contribution >= 0.6 is 0 Å². The summed E-state index contributed by atoms with van der Waals surface area (Å²) in [5, 5.41) is 3.56. The average molecular weight is 354 g/mol. The number of nitrogens with zero attached hydrogens (tertiary/aromatic N) is 3. The first-order chi connectivity index (χ1) is 11.1. The molecular formula is C16H23FN4O2S. The number of ether oxygens (including phenoxy) is 1. The van der Waals surface area contributed by atoms with Gasteiger partial charge in [0.1, 0.15) is 21.9 Å². The molecule has 0 bridgehead atoms. The van der Waals surface area contributed by atoms with Gasteiger partial charge >= 0.3 is 0 Å². The highest BCUT2D eigenvalue weighted by molar-refractivity contribution is 7.90. The molecule has 1 heterocycles. The Morgan fingerprint density at radius 1 is 1.54 bits per heavy atom. The molecule has 8 heteroatoms. The first-order valence-electron chi connectivity index (χ1n) is 7.76. The SMILES string of the molecule is C[C@@H](N[S@+]([O-])C(C)(C)C)c1ccc(F)c2c1O[C@@](C)(CN=[N+]=[N-])C2. The lowest BCUT2D eigenvalue weighted by atomic mass is 9.97. The van der Waals surface area contributed by atoms with Crippen LogP contribution in [0.1, 0.15) is 51.8 Å². The number of benzene rings is 1. The lowest BCUT2D eigenvalue weighted by Gasteiger charge is -2.27. The summed E-state index contributed by atoms with van der Waals surface area (Å²) < 4.78 is 35.1. The van der Waals surface area contributed by atoms with E-state index in [1.807, 2.05) is 27.7 Å². The summed E-state index contributed by atoms with van der Waals surface area (Å²) >= 11 is -1.26. The number of fused-ring (bicyclic) bond motifs is 1. The normalized spacial score (nSPS) is 22.3. The van der Waals surface area contributed by atoms with Gasteiger partial charge in [0.2, 0.25) is 0 Å². The summed E-state index contributed by atoms with van der Waals surface area (Å²) in [6, 6.07) is 2.77. The van der Waals surface area contributed by atoms with Gasteiger partial charge in [-0.1, -0.05) is 11.2 Å². The molecule has 0 fully saturated rings. The Labute approximate surface area is 144 Å². The van der Waals surface area contributed by atoms with Crippen molar-refractivity contribution < 1.29 is 13.7 Å². The van der Waals surface area contributed by atoms with Crippen LogP contribution in [0.3, 0.4) is 0 Å². The third-order valence-corrected chi connectivity index (χ3v) is 5.59. The van der Waals surface area contributed by atoms with Crippen molar-refractivity contribution in [3.05, 3.63) is 39.5 Å². The van der Waals surface area contributed by atoms with Crippen molar-refractivity contribution in [3.8, 4) is 5.75 Å². The van der Waals surface area contributed by atoms with Crippen LogP contribution in [0.4, 0.5) is 4.39 Å². The maximum Gasteiger partial charge on any atom is 0.136 e. The highest BCUT2D eigenvalue weighted by Crippen LogP contribution is 2.42. The van der Waals surface area contributed by atoms with E-state index in [-0.39, 0.29) is 18.4 Å². The van der Waals surface area contributed by atoms with E-state index in [0.29, 0.717) is 17.7 Å². The smallest absolute Gasteiger partial charge is 0.136 e. The zero-order valence-electron chi connectivity index (χ0n) is 14.6. The second kappa shape index (κ2) is 6.80. The van der Waals surface area contributed by atoms with Gasteiger partial charge < -0.3 is 9.29 Å². The first kappa shape index (κ1) is 18.9. The second-order valence-electron chi connectivity index (χ2n) is 7.28. The summed E-state index contributed by atoms with van der Waals surface area (Å²) in [7, 11) is 0. The van der Waals surface area contributed by atoms with Crippen molar-refractivity contribution in [1.82, 2.24) is 4.72 Å². The molecule has 2 rings (SSSR count). The standard InChI is InChI=1S/C16H23FN4O2S/c1-10(20-24(22)15(2,3)4)11-6-7-13(17)12-8-16(5,9-19-21-18)23-14(11)12/h6-7,10,20H,8-9H2,1-5H3/t10-,16-,24-/m1/s1. The Kier molecular flexibility index (Phi) is 5.34. The fourth-order valence-corrected chi connectivity index (χ4v) is 3.38. The first-order valence-corrected chi connectivity index (χ1v) is 8.91. The van der Waals surface area contributed by atoms with Gasteiger partial charge in [0.05, 0.1) is 12.6 Å². The van der Waals surface area contributed by atoms with E-state index in [1.165, 1.54) is 6.07 Å². The molecule has 0 aliphatic carbocycles. The van der Waals surface area contributed by atoms with E-state index in [9.17, 15) is 8.94 Å². The van der Waals surface area contributed by atoms with Gasteiger partial charge in [-0.3, -0.25) is 0 Å². The minimum absolute atomic E-state index is 0.118. The lowest BCUT2D eigenvalue weighted by Crippen LogP contribution is -2.40. The van der Waals surface area contributed by atoms with Gasteiger partial charge in [0, 0.05) is 33.8 Å². The number of rotatable bonds is 5. The molecular weight excluding hydrogens is 331 g/mol. The largest absolute Gasteiger partial charge is 0.598 e. The molecule has 132 valence electrons. The van der Waals surface area contributed by atoms with Crippen molar-refractivity contribution in [3.63, 3.8) is 0 Å². The van der Waals surface area contributed by atoms with E-state index in [2.05, 4.69) is 14.7 Å². The number of hydrogen-bond donors (Lipinski definition) is 1. The van der Waals surface area contributed by atoms with Gasteiger partial charge in [-0.25, -0.2) is 4.39 Å². The number of hydrogen-bond acceptors (Lipinski definition) is 4. The minimum atomic E-state index is -1.26. The van der Waals surface area contributed by atoms with Crippen LogP contribution < -0.4 is 9.46 Å². The minimum Gasteiger partial charge on any atom is -0.598 e. The summed E-state index contributed by atoms with van der Waals surface area (Å²) in [5.41, 5.74) is 8.96. The Hall–Kier alpha value is -1.47. The molecule has 3 atom stereocenters. The van der Waals surface area contributed by atoms with Crippen molar-refractivity contribution >= 4 is 11.4 Å². The lowest BCUT2D eigenvalue weighted by molar-refractivity contribution is 0.124. The van der Waals surface area contributed by atoms with Crippen LogP contribution in [0.2, 0.25) is 0 Å². The van der Waals surface area contributed by atoms with E-state index < -0.39 is 21.7 Å². The molecule has 0 unspecified atom stereocenters. The third-order valence-electron chi connectivity index (χ3n) is 3.91. The van der Waals surface area contributed by atoms with Gasteiger partial charge in [-0.05, 0) is 46.2 Å². The fourth-order valence-electron chi connectivity index (χ4n) is 2.57. The van der Waals surface area contributed by atoms with Crippen molar-refractivity contribution in [2.75, 3.05) is 6.54 Å². The van der Waals surface area contributed by atoms with Crippen LogP contribution in [0.25, 0.3) is 10.4 Å². The molecule has 24 heavy (non-hydrogen) atoms. The van der Waals surface area contributed by atoms with Crippen LogP contribution in [0.15, 0.2) is 17.2 Å². The molecule has 0 spiro atoms. The Bertz CT molecular complexity index is 673. The predicted octanol–water partition coefficient (Wildman–Crippen LogP) is 3.94. The molecule has 0 saturated carbocycles. The quantitative estimate of drug-likeness (QED) is 0.375. The van der Waals surface area contributed by atoms with Crippen molar-refractivity contribution in [2.45, 2.75) is 57.4 Å². The average Bonchev–Trinajstić information content (AvgIpc) is 2.83. The van der Waals surface area contributed by atoms with Gasteiger partial charge in [0.25, 0.3) is 0 Å². The Morgan fingerprint density at radius 2 is 2.21 bits per heavy atom. The molecule has 6 nitrogen and oxygen atoms in total. The van der Waals surface area contributed by atoms with Crippen LogP contribution in [0.5, 0.6) is 5.75 Å². The molecule has 0 radical (unpaired) electrons. The molecule has 1 aromatic rings. The zero-order valence-corrected chi connectivity index (χ0v) is 15.4. The molecule has 1 aliphatic heterocycles. The molecule has 1 aromatic carbocycles. The van der Waals surface area contributed by atoms with E-state index in [1.54, 1.807) is 13.0 Å². The number of azide groups is 1. The van der Waals surface area contributed by atoms with Crippen LogP contribution in [-0.4, -0.2) is 21.4 Å². The van der Waals surface area contributed by atoms with Gasteiger partial charge in [-0.2, -0.15) is 0 Å². The Balaban J connectivity index is 2.30. The molecule has 1 N–H and O–H groups in total. The summed E-state index contributed by atoms with van der Waals surface area (Å²) in [5.74, 6) is 0.110. The molecule has 0 saturated heterocycles.